The van der Waals surface area contributed by atoms with Crippen molar-refractivity contribution in [2.24, 2.45) is 0 Å². The van der Waals surface area contributed by atoms with E-state index < -0.39 is 23.6 Å². The van der Waals surface area contributed by atoms with Gasteiger partial charge in [-0.2, -0.15) is 13.2 Å². The summed E-state index contributed by atoms with van der Waals surface area (Å²) < 4.78 is 41.7. The number of halogens is 4. The number of hydrogen-bond donors (Lipinski definition) is 2. The molecule has 2 aliphatic rings. The van der Waals surface area contributed by atoms with Crippen molar-refractivity contribution in [1.82, 2.24) is 5.32 Å². The van der Waals surface area contributed by atoms with Gasteiger partial charge in [0, 0.05) is 39.4 Å². The average molecular weight is 581 g/mol. The Bertz CT molecular complexity index is 1460. The lowest BCUT2D eigenvalue weighted by atomic mass is 9.71. The van der Waals surface area contributed by atoms with Gasteiger partial charge in [0.1, 0.15) is 0 Å². The summed E-state index contributed by atoms with van der Waals surface area (Å²) in [7, 11) is 0. The van der Waals surface area contributed by atoms with Gasteiger partial charge in [0.25, 0.3) is 5.91 Å². The van der Waals surface area contributed by atoms with Crippen molar-refractivity contribution >= 4 is 33.3 Å². The zero-order valence-corrected chi connectivity index (χ0v) is 22.0. The highest BCUT2D eigenvalue weighted by molar-refractivity contribution is 9.10. The molecule has 0 bridgehead atoms. The molecule has 1 aliphatic heterocycles. The van der Waals surface area contributed by atoms with Gasteiger partial charge in [-0.25, -0.2) is 0 Å². The first kappa shape index (κ1) is 26.0. The molecule has 3 aromatic rings. The first-order chi connectivity index (χ1) is 18.1. The highest BCUT2D eigenvalue weighted by Crippen LogP contribution is 2.46. The van der Waals surface area contributed by atoms with Gasteiger partial charge in [0.15, 0.2) is 5.78 Å². The van der Waals surface area contributed by atoms with Crippen LogP contribution >= 0.6 is 15.9 Å². The van der Waals surface area contributed by atoms with Crippen molar-refractivity contribution in [2.45, 2.75) is 37.8 Å². The molecule has 38 heavy (non-hydrogen) atoms. The van der Waals surface area contributed by atoms with Crippen LogP contribution in [0.4, 0.5) is 18.9 Å². The number of allylic oxidation sites excluding steroid dienone is 3. The van der Waals surface area contributed by atoms with Gasteiger partial charge >= 0.3 is 6.18 Å². The third kappa shape index (κ3) is 5.05. The number of rotatable bonds is 4. The van der Waals surface area contributed by atoms with E-state index in [-0.39, 0.29) is 29.4 Å². The van der Waals surface area contributed by atoms with Crippen LogP contribution in [0.25, 0.3) is 0 Å². The predicted octanol–water partition coefficient (Wildman–Crippen LogP) is 7.47. The van der Waals surface area contributed by atoms with E-state index in [0.717, 1.165) is 21.8 Å². The molecule has 1 aliphatic carbocycles. The second-order valence-corrected chi connectivity index (χ2v) is 10.4. The Kier molecular flexibility index (Phi) is 7.01. The third-order valence-corrected chi connectivity index (χ3v) is 7.56. The molecule has 1 heterocycles. The van der Waals surface area contributed by atoms with Gasteiger partial charge in [0.05, 0.1) is 11.3 Å². The Morgan fingerprint density at radius 1 is 0.921 bits per heavy atom. The minimum atomic E-state index is -4.63. The number of para-hydroxylation sites is 1. The van der Waals surface area contributed by atoms with Crippen LogP contribution in [0.2, 0.25) is 0 Å². The van der Waals surface area contributed by atoms with Crippen LogP contribution in [0.3, 0.4) is 0 Å². The van der Waals surface area contributed by atoms with Crippen molar-refractivity contribution in [3.8, 4) is 0 Å². The molecule has 8 heteroatoms. The normalized spacial score (nSPS) is 19.7. The summed E-state index contributed by atoms with van der Waals surface area (Å²) in [6, 6.07) is 22.0. The van der Waals surface area contributed by atoms with Gasteiger partial charge in [-0.15, -0.1) is 0 Å². The molecular formula is C30H24BrF3N2O2. The number of amides is 1. The molecule has 2 atom stereocenters. The van der Waals surface area contributed by atoms with Crippen LogP contribution < -0.4 is 10.6 Å². The van der Waals surface area contributed by atoms with Crippen molar-refractivity contribution < 1.29 is 22.8 Å². The van der Waals surface area contributed by atoms with E-state index in [0.29, 0.717) is 23.3 Å². The molecule has 0 aromatic heterocycles. The molecule has 0 fully saturated rings. The number of carbonyl (C=O) groups is 2. The minimum absolute atomic E-state index is 0.0117. The van der Waals surface area contributed by atoms with Gasteiger partial charge in [-0.3, -0.25) is 9.59 Å². The lowest BCUT2D eigenvalue weighted by Gasteiger charge is -2.37. The summed E-state index contributed by atoms with van der Waals surface area (Å²) in [5, 5.41) is 5.74. The fourth-order valence-corrected chi connectivity index (χ4v) is 5.58. The average Bonchev–Trinajstić information content (AvgIpc) is 2.88. The van der Waals surface area contributed by atoms with Crippen LogP contribution in [-0.4, -0.2) is 11.7 Å². The number of hydrogen-bond acceptors (Lipinski definition) is 3. The van der Waals surface area contributed by atoms with Crippen LogP contribution in [-0.2, 0) is 15.8 Å². The Morgan fingerprint density at radius 2 is 1.58 bits per heavy atom. The van der Waals surface area contributed by atoms with E-state index in [4.69, 9.17) is 0 Å². The lowest BCUT2D eigenvalue weighted by molar-refractivity contribution is -0.137. The van der Waals surface area contributed by atoms with E-state index in [1.54, 1.807) is 6.92 Å². The van der Waals surface area contributed by atoms with Crippen molar-refractivity contribution in [3.05, 3.63) is 123 Å². The standard InChI is InChI=1S/C30H24BrF3N2O2/c1-17-26(29(38)36-23-10-6-5-9-22(23)30(32,33)34)27(19-11-13-21(31)14-12-19)28-24(35-17)15-20(16-25(28)37)18-7-3-2-4-8-18/h2-14,20,27,35H,15-16H2,1H3,(H,36,38)/t20-,27-/m1/s1. The molecule has 194 valence electrons. The van der Waals surface area contributed by atoms with E-state index in [2.05, 4.69) is 26.6 Å². The predicted molar refractivity (Wildman–Crippen MR) is 143 cm³/mol. The summed E-state index contributed by atoms with van der Waals surface area (Å²) in [4.78, 5) is 27.3. The fourth-order valence-electron chi connectivity index (χ4n) is 5.32. The van der Waals surface area contributed by atoms with Crippen molar-refractivity contribution in [3.63, 3.8) is 0 Å². The van der Waals surface area contributed by atoms with Crippen LogP contribution in [0.5, 0.6) is 0 Å². The Morgan fingerprint density at radius 3 is 2.26 bits per heavy atom. The minimum Gasteiger partial charge on any atom is -0.362 e. The van der Waals surface area contributed by atoms with Gasteiger partial charge in [-0.1, -0.05) is 70.5 Å². The van der Waals surface area contributed by atoms with Gasteiger partial charge in [0.2, 0.25) is 0 Å². The van der Waals surface area contributed by atoms with Crippen LogP contribution in [0, 0.1) is 0 Å². The molecule has 0 spiro atoms. The lowest BCUT2D eigenvalue weighted by Crippen LogP contribution is -2.37. The van der Waals surface area contributed by atoms with E-state index in [9.17, 15) is 22.8 Å². The number of alkyl halides is 3. The summed E-state index contributed by atoms with van der Waals surface area (Å²) >= 11 is 3.42. The first-order valence-electron chi connectivity index (χ1n) is 12.2. The Labute approximate surface area is 226 Å². The number of nitrogens with one attached hydrogen (secondary N) is 2. The van der Waals surface area contributed by atoms with Crippen molar-refractivity contribution in [2.75, 3.05) is 5.32 Å². The zero-order valence-electron chi connectivity index (χ0n) is 20.4. The monoisotopic (exact) mass is 580 g/mol. The molecule has 2 N–H and O–H groups in total. The molecule has 4 nitrogen and oxygen atoms in total. The smallest absolute Gasteiger partial charge is 0.362 e. The molecule has 0 radical (unpaired) electrons. The number of ketones is 1. The SMILES string of the molecule is CC1=C(C(=O)Nc2ccccc2C(F)(F)F)[C@@H](c2ccc(Br)cc2)C2=C(C[C@@H](c3ccccc3)CC2=O)N1. The third-order valence-electron chi connectivity index (χ3n) is 7.03. The maximum atomic E-state index is 13.7. The van der Waals surface area contributed by atoms with E-state index in [1.165, 1.54) is 18.2 Å². The molecule has 3 aromatic carbocycles. The Hall–Kier alpha value is -3.65. The molecule has 0 saturated carbocycles. The summed E-state index contributed by atoms with van der Waals surface area (Å²) in [6.07, 6.45) is -3.77. The van der Waals surface area contributed by atoms with Crippen LogP contribution in [0.1, 0.15) is 48.3 Å². The number of anilines is 1. The summed E-state index contributed by atoms with van der Waals surface area (Å²) in [5.74, 6) is -1.51. The second kappa shape index (κ2) is 10.3. The highest BCUT2D eigenvalue weighted by atomic mass is 79.9. The molecule has 0 unspecified atom stereocenters. The largest absolute Gasteiger partial charge is 0.418 e. The first-order valence-corrected chi connectivity index (χ1v) is 12.9. The molecule has 1 amide bonds. The zero-order chi connectivity index (χ0) is 27.0. The number of benzene rings is 3. The number of dihydropyridines is 1. The van der Waals surface area contributed by atoms with E-state index in [1.807, 2.05) is 54.6 Å². The fraction of sp³-hybridized carbons (Fsp3) is 0.200. The topological polar surface area (TPSA) is 58.2 Å². The summed E-state index contributed by atoms with van der Waals surface area (Å²) in [6.45, 7) is 1.72. The van der Waals surface area contributed by atoms with Crippen molar-refractivity contribution in [1.29, 1.82) is 0 Å². The number of Topliss-reactive ketones (excluding diaryl/α,β-unsaturated/α-hetero) is 1. The number of carbonyl (C=O) groups excluding carboxylic acids is 2. The summed E-state index contributed by atoms with van der Waals surface area (Å²) in [5.41, 5.74) is 2.45. The highest BCUT2D eigenvalue weighted by Gasteiger charge is 2.41. The van der Waals surface area contributed by atoms with Gasteiger partial charge in [-0.05, 0) is 54.7 Å². The maximum Gasteiger partial charge on any atom is 0.418 e. The van der Waals surface area contributed by atoms with Gasteiger partial charge < -0.3 is 10.6 Å². The second-order valence-electron chi connectivity index (χ2n) is 9.48. The molecular weight excluding hydrogens is 557 g/mol. The van der Waals surface area contributed by atoms with E-state index >= 15 is 0 Å². The molecule has 5 rings (SSSR count). The quantitative estimate of drug-likeness (QED) is 0.336. The maximum absolute atomic E-state index is 13.7. The molecule has 0 saturated heterocycles. The Balaban J connectivity index is 1.57. The van der Waals surface area contributed by atoms with Crippen LogP contribution in [0.15, 0.2) is 106 Å².